The number of anilines is 2. The largest absolute Gasteiger partial charge is 0.368 e. The van der Waals surface area contributed by atoms with Crippen molar-refractivity contribution >= 4 is 21.7 Å². The lowest BCUT2D eigenvalue weighted by molar-refractivity contribution is 0.334. The predicted molar refractivity (Wildman–Crippen MR) is 74.7 cm³/mol. The summed E-state index contributed by atoms with van der Waals surface area (Å²) in [6.45, 7) is 7.83. The molecule has 1 aromatic rings. The van der Waals surface area contributed by atoms with Gasteiger partial charge in [-0.3, -0.25) is 0 Å². The van der Waals surface area contributed by atoms with Gasteiger partial charge in [0.2, 0.25) is 11.9 Å². The lowest BCUT2D eigenvalue weighted by Gasteiger charge is -2.23. The summed E-state index contributed by atoms with van der Waals surface area (Å²) < 4.78 is 24.8. The maximum Gasteiger partial charge on any atom is 0.244 e. The van der Waals surface area contributed by atoms with E-state index < -0.39 is 15.4 Å². The first-order chi connectivity index (χ1) is 8.51. The van der Waals surface area contributed by atoms with Crippen molar-refractivity contribution in [2.24, 2.45) is 0 Å². The van der Waals surface area contributed by atoms with Gasteiger partial charge >= 0.3 is 0 Å². The van der Waals surface area contributed by atoms with Gasteiger partial charge in [0, 0.05) is 5.54 Å². The molecular formula is C11H21N5O2S. The van der Waals surface area contributed by atoms with Gasteiger partial charge in [-0.1, -0.05) is 0 Å². The quantitative estimate of drug-likeness (QED) is 0.826. The Balaban J connectivity index is 2.32. The first-order valence-corrected chi connectivity index (χ1v) is 8.05. The van der Waals surface area contributed by atoms with Crippen molar-refractivity contribution in [3.63, 3.8) is 0 Å². The monoisotopic (exact) mass is 287 g/mol. The third kappa shape index (κ3) is 2.99. The molecule has 0 bridgehead atoms. The molecule has 2 rings (SSSR count). The molecular weight excluding hydrogens is 266 g/mol. The molecule has 2 heterocycles. The molecule has 0 spiro atoms. The maximum atomic E-state index is 11.6. The van der Waals surface area contributed by atoms with Crippen LogP contribution in [0.5, 0.6) is 0 Å². The van der Waals surface area contributed by atoms with Crippen LogP contribution in [0.1, 0.15) is 34.1 Å². The Kier molecular flexibility index (Phi) is 3.04. The molecule has 0 aliphatic carbocycles. The van der Waals surface area contributed by atoms with Gasteiger partial charge in [0.25, 0.3) is 0 Å². The fourth-order valence-electron chi connectivity index (χ4n) is 2.27. The molecule has 0 aromatic carbocycles. The Morgan fingerprint density at radius 1 is 1.42 bits per heavy atom. The zero-order valence-corrected chi connectivity index (χ0v) is 12.6. The van der Waals surface area contributed by atoms with Crippen LogP contribution in [0.3, 0.4) is 0 Å². The summed E-state index contributed by atoms with van der Waals surface area (Å²) in [5.74, 6) is 0.898. The number of hydrogen-bond acceptors (Lipinski definition) is 6. The van der Waals surface area contributed by atoms with Gasteiger partial charge < -0.3 is 11.1 Å². The maximum absolute atomic E-state index is 11.6. The van der Waals surface area contributed by atoms with E-state index in [-0.39, 0.29) is 23.0 Å². The molecule has 3 N–H and O–H groups in total. The Morgan fingerprint density at radius 2 is 2.05 bits per heavy atom. The molecule has 19 heavy (non-hydrogen) atoms. The van der Waals surface area contributed by atoms with Crippen LogP contribution in [0.2, 0.25) is 0 Å². The topological polar surface area (TPSA) is 103 Å². The van der Waals surface area contributed by atoms with Crippen LogP contribution in [0.15, 0.2) is 0 Å². The number of aromatic nitrogens is 3. The molecule has 1 unspecified atom stereocenters. The first kappa shape index (κ1) is 14.1. The van der Waals surface area contributed by atoms with Crippen LogP contribution in [0.25, 0.3) is 0 Å². The van der Waals surface area contributed by atoms with Crippen LogP contribution in [-0.4, -0.2) is 40.2 Å². The number of nitrogen functional groups attached to an aromatic ring is 1. The number of sulfone groups is 1. The molecule has 108 valence electrons. The van der Waals surface area contributed by atoms with Crippen LogP contribution in [0.4, 0.5) is 11.9 Å². The molecule has 1 aliphatic rings. The molecule has 8 heteroatoms. The number of nitrogens with zero attached hydrogens (tertiary/aromatic N) is 3. The second kappa shape index (κ2) is 4.09. The summed E-state index contributed by atoms with van der Waals surface area (Å²) in [5, 5.41) is 7.45. The number of hydrogen-bond donors (Lipinski definition) is 2. The van der Waals surface area contributed by atoms with Gasteiger partial charge in [0.15, 0.2) is 9.84 Å². The average Bonchev–Trinajstić information content (AvgIpc) is 2.66. The van der Waals surface area contributed by atoms with Crippen molar-refractivity contribution in [2.45, 2.75) is 45.2 Å². The molecule has 1 aromatic heterocycles. The molecule has 1 fully saturated rings. The third-order valence-corrected chi connectivity index (χ3v) is 5.00. The van der Waals surface area contributed by atoms with Crippen molar-refractivity contribution in [3.8, 4) is 0 Å². The minimum atomic E-state index is -3.01. The van der Waals surface area contributed by atoms with Gasteiger partial charge in [-0.05, 0) is 34.1 Å². The molecule has 1 atom stereocenters. The van der Waals surface area contributed by atoms with E-state index in [0.29, 0.717) is 12.4 Å². The summed E-state index contributed by atoms with van der Waals surface area (Å²) in [6, 6.07) is 0. The van der Waals surface area contributed by atoms with E-state index in [0.717, 1.165) is 0 Å². The summed E-state index contributed by atoms with van der Waals surface area (Å²) in [7, 11) is -3.01. The van der Waals surface area contributed by atoms with Crippen molar-refractivity contribution < 1.29 is 8.42 Å². The van der Waals surface area contributed by atoms with E-state index in [2.05, 4.69) is 15.4 Å². The van der Waals surface area contributed by atoms with Crippen LogP contribution in [-0.2, 0) is 15.4 Å². The summed E-state index contributed by atoms with van der Waals surface area (Å²) in [6.07, 6.45) is 0.512. The lowest BCUT2D eigenvalue weighted by atomic mass is 10.0. The highest BCUT2D eigenvalue weighted by atomic mass is 32.2. The highest BCUT2D eigenvalue weighted by Gasteiger charge is 2.42. The van der Waals surface area contributed by atoms with Crippen molar-refractivity contribution in [2.75, 3.05) is 22.6 Å². The fraction of sp³-hybridized carbons (Fsp3) is 0.818. The van der Waals surface area contributed by atoms with Gasteiger partial charge in [-0.25, -0.2) is 13.1 Å². The Hall–Kier alpha value is -1.31. The molecule has 0 radical (unpaired) electrons. The highest BCUT2D eigenvalue weighted by Crippen LogP contribution is 2.32. The van der Waals surface area contributed by atoms with Crippen molar-refractivity contribution in [1.29, 1.82) is 0 Å². The van der Waals surface area contributed by atoms with Crippen LogP contribution < -0.4 is 11.1 Å². The lowest BCUT2D eigenvalue weighted by Crippen LogP contribution is -2.34. The average molecular weight is 287 g/mol. The van der Waals surface area contributed by atoms with E-state index in [1.807, 2.05) is 27.7 Å². The van der Waals surface area contributed by atoms with E-state index in [9.17, 15) is 8.42 Å². The molecule has 0 saturated carbocycles. The van der Waals surface area contributed by atoms with Crippen molar-refractivity contribution in [1.82, 2.24) is 14.8 Å². The van der Waals surface area contributed by atoms with E-state index in [1.165, 1.54) is 4.68 Å². The minimum Gasteiger partial charge on any atom is -0.368 e. The number of nitrogens with one attached hydrogen (secondary N) is 1. The second-order valence-electron chi connectivity index (χ2n) is 6.42. The van der Waals surface area contributed by atoms with Crippen LogP contribution in [0, 0.1) is 0 Å². The fourth-order valence-corrected chi connectivity index (χ4v) is 4.38. The first-order valence-electron chi connectivity index (χ1n) is 6.22. The Bertz CT molecular complexity index is 587. The number of rotatable bonds is 2. The predicted octanol–water partition coefficient (Wildman–Crippen LogP) is 0.604. The second-order valence-corrected chi connectivity index (χ2v) is 8.60. The summed E-state index contributed by atoms with van der Waals surface area (Å²) >= 11 is 0. The Labute approximate surface area is 113 Å². The smallest absolute Gasteiger partial charge is 0.244 e. The summed E-state index contributed by atoms with van der Waals surface area (Å²) in [4.78, 5) is 4.16. The van der Waals surface area contributed by atoms with Gasteiger partial charge in [0.05, 0.1) is 17.0 Å². The van der Waals surface area contributed by atoms with Gasteiger partial charge in [-0.2, -0.15) is 4.98 Å². The molecule has 1 aliphatic heterocycles. The highest BCUT2D eigenvalue weighted by molar-refractivity contribution is 7.91. The standard InChI is InChI=1S/C11H21N5O2S/c1-10(2,3)14-9-13-8(12)16(15-9)11(4)5-6-19(17,18)7-11/h5-7H2,1-4H3,(H3,12,13,14,15). The van der Waals surface area contributed by atoms with E-state index in [1.54, 1.807) is 0 Å². The minimum absolute atomic E-state index is 0.0581. The van der Waals surface area contributed by atoms with E-state index in [4.69, 9.17) is 5.73 Å². The van der Waals surface area contributed by atoms with Crippen LogP contribution >= 0.6 is 0 Å². The van der Waals surface area contributed by atoms with E-state index >= 15 is 0 Å². The molecule has 1 saturated heterocycles. The van der Waals surface area contributed by atoms with Crippen molar-refractivity contribution in [3.05, 3.63) is 0 Å². The number of nitrogens with two attached hydrogens (primary N) is 1. The van der Waals surface area contributed by atoms with Gasteiger partial charge in [-0.15, -0.1) is 5.10 Å². The Morgan fingerprint density at radius 3 is 2.53 bits per heavy atom. The zero-order valence-electron chi connectivity index (χ0n) is 11.8. The SMILES string of the molecule is CC(C)(C)Nc1nc(N)n(C2(C)CCS(=O)(=O)C2)n1. The zero-order chi connectivity index (χ0) is 14.5. The van der Waals surface area contributed by atoms with Gasteiger partial charge in [0.1, 0.15) is 0 Å². The third-order valence-electron chi connectivity index (χ3n) is 3.11. The molecule has 7 nitrogen and oxygen atoms in total. The summed E-state index contributed by atoms with van der Waals surface area (Å²) in [5.41, 5.74) is 5.09. The normalized spacial score (nSPS) is 26.5. The molecule has 0 amide bonds.